The molecule has 0 aliphatic rings. The van der Waals surface area contributed by atoms with Gasteiger partial charge in [0.05, 0.1) is 33.2 Å². The highest BCUT2D eigenvalue weighted by atomic mass is 16.3. The molecule has 0 unspecified atom stereocenters. The molecule has 5 rings (SSSR count). The summed E-state index contributed by atoms with van der Waals surface area (Å²) in [5.41, 5.74) is 4.17. The van der Waals surface area contributed by atoms with Gasteiger partial charge in [0, 0.05) is 28.2 Å². The second-order valence-corrected chi connectivity index (χ2v) is 8.23. The number of nitrogens with zero attached hydrogens (tertiary/aromatic N) is 4. The number of carbonyl (C=O) groups excluding carboxylic acids is 2. The van der Waals surface area contributed by atoms with Crippen molar-refractivity contribution in [2.75, 3.05) is 28.2 Å². The fourth-order valence-electron chi connectivity index (χ4n) is 3.12. The Hall–Kier alpha value is -4.86. The minimum atomic E-state index is 0.0114. The maximum Gasteiger partial charge on any atom is 0.209 e. The van der Waals surface area contributed by atoms with E-state index in [9.17, 15) is 19.8 Å². The molecular formula is C26H28N6O4. The topological polar surface area (TPSA) is 138 Å². The van der Waals surface area contributed by atoms with E-state index >= 15 is 0 Å². The van der Waals surface area contributed by atoms with E-state index in [0.29, 0.717) is 22.8 Å². The molecule has 0 radical (unpaired) electrons. The standard InChI is InChI=1S/C20H14N4O2.2C3H7NO/c25-17-10-12(20-23-15-7-3-4-8-16(15)24-20)18(26)9-11(17)19-21-13-5-1-2-6-14(13)22-19;2*1-4(2)3-5/h1-10,25-26H,(H,21,22)(H,23,24);2*3H,1-2H3. The van der Waals surface area contributed by atoms with Crippen LogP contribution in [-0.4, -0.2) is 81.0 Å². The van der Waals surface area contributed by atoms with E-state index in [1.165, 1.54) is 21.9 Å². The van der Waals surface area contributed by atoms with Gasteiger partial charge in [-0.3, -0.25) is 9.59 Å². The SMILES string of the molecule is CN(C)C=O.CN(C)C=O.Oc1cc(-c2nc3ccccc3[nH]2)c(O)cc1-c1nc2ccccc2[nH]1. The molecule has 2 amide bonds. The zero-order chi connectivity index (χ0) is 26.2. The van der Waals surface area contributed by atoms with Crippen LogP contribution in [-0.2, 0) is 9.59 Å². The molecule has 0 aliphatic heterocycles. The van der Waals surface area contributed by atoms with Gasteiger partial charge in [0.25, 0.3) is 0 Å². The number of imidazole rings is 2. The third kappa shape index (κ3) is 6.17. The number of aromatic nitrogens is 4. The van der Waals surface area contributed by atoms with Gasteiger partial charge in [-0.1, -0.05) is 24.3 Å². The minimum absolute atomic E-state index is 0.0114. The van der Waals surface area contributed by atoms with Gasteiger partial charge in [-0.15, -0.1) is 0 Å². The fraction of sp³-hybridized carbons (Fsp3) is 0.154. The molecule has 0 saturated carbocycles. The largest absolute Gasteiger partial charge is 0.507 e. The van der Waals surface area contributed by atoms with Gasteiger partial charge in [-0.2, -0.15) is 0 Å². The lowest BCUT2D eigenvalue weighted by Gasteiger charge is -2.07. The van der Waals surface area contributed by atoms with E-state index in [-0.39, 0.29) is 11.5 Å². The summed E-state index contributed by atoms with van der Waals surface area (Å²) >= 11 is 0. The van der Waals surface area contributed by atoms with Crippen molar-refractivity contribution in [2.24, 2.45) is 0 Å². The van der Waals surface area contributed by atoms with Gasteiger partial charge in [0.15, 0.2) is 0 Å². The van der Waals surface area contributed by atoms with Gasteiger partial charge in [-0.25, -0.2) is 9.97 Å². The molecule has 0 fully saturated rings. The van der Waals surface area contributed by atoms with Crippen LogP contribution in [0.1, 0.15) is 0 Å². The summed E-state index contributed by atoms with van der Waals surface area (Å²) in [5, 5.41) is 21.0. The molecule has 0 atom stereocenters. The van der Waals surface area contributed by atoms with Crippen LogP contribution >= 0.6 is 0 Å². The first kappa shape index (κ1) is 25.8. The molecular weight excluding hydrogens is 460 g/mol. The average molecular weight is 489 g/mol. The van der Waals surface area contributed by atoms with Gasteiger partial charge >= 0.3 is 0 Å². The lowest BCUT2D eigenvalue weighted by Crippen LogP contribution is -2.06. The van der Waals surface area contributed by atoms with Crippen molar-refractivity contribution in [1.82, 2.24) is 29.7 Å². The van der Waals surface area contributed by atoms with Crippen molar-refractivity contribution in [1.29, 1.82) is 0 Å². The number of H-pyrrole nitrogens is 2. The summed E-state index contributed by atoms with van der Waals surface area (Å²) in [4.78, 5) is 37.0. The molecule has 3 aromatic carbocycles. The summed E-state index contributed by atoms with van der Waals surface area (Å²) in [6, 6.07) is 18.2. The molecule has 186 valence electrons. The van der Waals surface area contributed by atoms with Crippen LogP contribution in [0.15, 0.2) is 60.7 Å². The van der Waals surface area contributed by atoms with E-state index in [1.54, 1.807) is 28.2 Å². The normalized spacial score (nSPS) is 10.1. The number of nitrogens with one attached hydrogen (secondary N) is 2. The smallest absolute Gasteiger partial charge is 0.209 e. The number of para-hydroxylation sites is 4. The van der Waals surface area contributed by atoms with Gasteiger partial charge in [0.1, 0.15) is 23.1 Å². The molecule has 0 spiro atoms. The van der Waals surface area contributed by atoms with Crippen molar-refractivity contribution < 1.29 is 19.8 Å². The third-order valence-corrected chi connectivity index (χ3v) is 4.82. The molecule has 5 aromatic rings. The molecule has 10 nitrogen and oxygen atoms in total. The minimum Gasteiger partial charge on any atom is -0.507 e. The van der Waals surface area contributed by atoms with Crippen LogP contribution in [0.3, 0.4) is 0 Å². The second-order valence-electron chi connectivity index (χ2n) is 8.23. The average Bonchev–Trinajstić information content (AvgIpc) is 3.50. The highest BCUT2D eigenvalue weighted by molar-refractivity contribution is 5.85. The zero-order valence-corrected chi connectivity index (χ0v) is 20.4. The van der Waals surface area contributed by atoms with Crippen LogP contribution in [0, 0.1) is 0 Å². The van der Waals surface area contributed by atoms with Crippen molar-refractivity contribution in [3.8, 4) is 34.3 Å². The highest BCUT2D eigenvalue weighted by Crippen LogP contribution is 2.38. The van der Waals surface area contributed by atoms with Crippen molar-refractivity contribution in [3.05, 3.63) is 60.7 Å². The number of hydrogen-bond donors (Lipinski definition) is 4. The summed E-state index contributed by atoms with van der Waals surface area (Å²) in [7, 11) is 6.75. The molecule has 2 heterocycles. The lowest BCUT2D eigenvalue weighted by atomic mass is 10.1. The number of amides is 2. The molecule has 10 heteroatoms. The number of phenols is 2. The Morgan fingerprint density at radius 3 is 1.31 bits per heavy atom. The summed E-state index contributed by atoms with van der Waals surface area (Å²) < 4.78 is 0. The maximum atomic E-state index is 10.5. The number of benzene rings is 3. The first-order valence-electron chi connectivity index (χ1n) is 10.9. The van der Waals surface area contributed by atoms with Crippen molar-refractivity contribution >= 4 is 34.9 Å². The Kier molecular flexibility index (Phi) is 8.24. The van der Waals surface area contributed by atoms with Crippen LogP contribution < -0.4 is 0 Å². The summed E-state index contributed by atoms with van der Waals surface area (Å²) in [6.45, 7) is 0. The van der Waals surface area contributed by atoms with Gasteiger partial charge in [-0.05, 0) is 36.4 Å². The molecule has 0 saturated heterocycles. The van der Waals surface area contributed by atoms with Gasteiger partial charge in [0.2, 0.25) is 12.8 Å². The second kappa shape index (κ2) is 11.5. The molecule has 0 aliphatic carbocycles. The molecule has 36 heavy (non-hydrogen) atoms. The number of phenolic OH excluding ortho intramolecular Hbond substituents is 2. The van der Waals surface area contributed by atoms with E-state index < -0.39 is 0 Å². The number of fused-ring (bicyclic) bond motifs is 2. The first-order valence-corrected chi connectivity index (χ1v) is 10.9. The lowest BCUT2D eigenvalue weighted by molar-refractivity contribution is -0.116. The summed E-state index contributed by atoms with van der Waals surface area (Å²) in [5.74, 6) is 1.01. The van der Waals surface area contributed by atoms with Gasteiger partial charge < -0.3 is 30.0 Å². The number of rotatable bonds is 4. The van der Waals surface area contributed by atoms with E-state index in [1.807, 2.05) is 48.5 Å². The number of aromatic hydroxyl groups is 2. The predicted molar refractivity (Wildman–Crippen MR) is 139 cm³/mol. The third-order valence-electron chi connectivity index (χ3n) is 4.82. The number of carbonyl (C=O) groups is 2. The highest BCUT2D eigenvalue weighted by Gasteiger charge is 2.17. The van der Waals surface area contributed by atoms with Crippen LogP contribution in [0.4, 0.5) is 0 Å². The fourth-order valence-corrected chi connectivity index (χ4v) is 3.12. The number of aromatic amines is 2. The van der Waals surface area contributed by atoms with Crippen molar-refractivity contribution in [2.45, 2.75) is 0 Å². The quantitative estimate of drug-likeness (QED) is 0.225. The Balaban J connectivity index is 0.000000310. The Bertz CT molecular complexity index is 1290. The first-order chi connectivity index (χ1) is 17.2. The van der Waals surface area contributed by atoms with Crippen molar-refractivity contribution in [3.63, 3.8) is 0 Å². The van der Waals surface area contributed by atoms with Crippen LogP contribution in [0.2, 0.25) is 0 Å². The van der Waals surface area contributed by atoms with E-state index in [4.69, 9.17) is 0 Å². The number of hydrogen-bond acceptors (Lipinski definition) is 6. The molecule has 0 bridgehead atoms. The Morgan fingerprint density at radius 1 is 0.667 bits per heavy atom. The summed E-state index contributed by atoms with van der Waals surface area (Å²) in [6.07, 6.45) is 1.50. The van der Waals surface area contributed by atoms with Crippen LogP contribution in [0.5, 0.6) is 11.5 Å². The van der Waals surface area contributed by atoms with Crippen LogP contribution in [0.25, 0.3) is 44.8 Å². The predicted octanol–water partition coefficient (Wildman–Crippen LogP) is 3.59. The maximum absolute atomic E-state index is 10.5. The van der Waals surface area contributed by atoms with E-state index in [0.717, 1.165) is 34.9 Å². The monoisotopic (exact) mass is 488 g/mol. The molecule has 2 aromatic heterocycles. The van der Waals surface area contributed by atoms with E-state index in [2.05, 4.69) is 19.9 Å². The Labute approximate surface area is 207 Å². The zero-order valence-electron chi connectivity index (χ0n) is 20.4. The Morgan fingerprint density at radius 2 is 1.00 bits per heavy atom. The molecule has 4 N–H and O–H groups in total.